The van der Waals surface area contributed by atoms with Crippen LogP contribution in [0, 0.1) is 5.82 Å². The average molecular weight is 464 g/mol. The number of carbonyl (C=O) groups is 2. The molecule has 2 atom stereocenters. The number of likely N-dealkylation sites (tertiary alicyclic amines) is 1. The van der Waals surface area contributed by atoms with Gasteiger partial charge >= 0.3 is 0 Å². The van der Waals surface area contributed by atoms with Crippen LogP contribution in [0.3, 0.4) is 0 Å². The van der Waals surface area contributed by atoms with Gasteiger partial charge in [-0.25, -0.2) is 4.39 Å². The third-order valence-electron chi connectivity index (χ3n) is 6.20. The first-order valence-electron chi connectivity index (χ1n) is 11.3. The number of nitrogens with one attached hydrogen (secondary N) is 1. The van der Waals surface area contributed by atoms with Crippen molar-refractivity contribution in [2.45, 2.75) is 25.6 Å². The van der Waals surface area contributed by atoms with Gasteiger partial charge < -0.3 is 19.3 Å². The Bertz CT molecular complexity index is 1200. The number of hydrogen-bond donors (Lipinski definition) is 1. The van der Waals surface area contributed by atoms with Crippen LogP contribution >= 0.6 is 0 Å². The van der Waals surface area contributed by atoms with E-state index in [0.717, 1.165) is 11.1 Å². The number of carbonyl (C=O) groups excluding carboxylic acids is 2. The summed E-state index contributed by atoms with van der Waals surface area (Å²) in [7, 11) is 0. The standard InChI is InChI=1S/C25H25FN4O4/c1-2-33-22-6-4-3-5-18(22)19-11-20(28-27-19)25(32)29-13-21-23(14-29)34-15-24(31)30(21)12-16-7-9-17(26)10-8-16/h3-11,21,23H,2,12-15H2,1H3,(H,27,28)/t21-,23-/m1/s1. The molecule has 0 bridgehead atoms. The van der Waals surface area contributed by atoms with Crippen LogP contribution in [-0.4, -0.2) is 70.3 Å². The Balaban J connectivity index is 1.32. The molecule has 0 aliphatic carbocycles. The van der Waals surface area contributed by atoms with E-state index in [1.807, 2.05) is 31.2 Å². The highest BCUT2D eigenvalue weighted by atomic mass is 19.1. The predicted molar refractivity (Wildman–Crippen MR) is 122 cm³/mol. The summed E-state index contributed by atoms with van der Waals surface area (Å²) in [4.78, 5) is 29.3. The Morgan fingerprint density at radius 3 is 2.79 bits per heavy atom. The molecule has 0 radical (unpaired) electrons. The fourth-order valence-corrected chi connectivity index (χ4v) is 4.52. The second-order valence-electron chi connectivity index (χ2n) is 8.37. The zero-order valence-corrected chi connectivity index (χ0v) is 18.7. The van der Waals surface area contributed by atoms with E-state index in [9.17, 15) is 14.0 Å². The second-order valence-corrected chi connectivity index (χ2v) is 8.37. The summed E-state index contributed by atoms with van der Waals surface area (Å²) in [5.74, 6) is 0.0254. The number of rotatable bonds is 6. The highest BCUT2D eigenvalue weighted by molar-refractivity contribution is 5.94. The van der Waals surface area contributed by atoms with E-state index in [0.29, 0.717) is 43.4 Å². The molecule has 176 valence electrons. The number of halogens is 1. The zero-order valence-electron chi connectivity index (χ0n) is 18.7. The molecular formula is C25H25FN4O4. The molecule has 2 aliphatic rings. The molecule has 5 rings (SSSR count). The van der Waals surface area contributed by atoms with E-state index in [1.165, 1.54) is 12.1 Å². The number of morpholine rings is 1. The summed E-state index contributed by atoms with van der Waals surface area (Å²) in [6.07, 6.45) is -0.275. The number of para-hydroxylation sites is 1. The fraction of sp³-hybridized carbons (Fsp3) is 0.320. The maximum atomic E-state index is 13.3. The number of benzene rings is 2. The molecule has 1 N–H and O–H groups in total. The molecule has 2 saturated heterocycles. The van der Waals surface area contributed by atoms with Gasteiger partial charge in [0, 0.05) is 25.2 Å². The Morgan fingerprint density at radius 1 is 1.21 bits per heavy atom. The van der Waals surface area contributed by atoms with Gasteiger partial charge in [-0.2, -0.15) is 5.10 Å². The second kappa shape index (κ2) is 9.26. The van der Waals surface area contributed by atoms with Crippen LogP contribution in [0.2, 0.25) is 0 Å². The van der Waals surface area contributed by atoms with Crippen LogP contribution in [0.5, 0.6) is 5.75 Å². The average Bonchev–Trinajstić information content (AvgIpc) is 3.50. The summed E-state index contributed by atoms with van der Waals surface area (Å²) in [6.45, 7) is 3.47. The van der Waals surface area contributed by atoms with Crippen LogP contribution < -0.4 is 4.74 Å². The number of hydrogen-bond acceptors (Lipinski definition) is 5. The maximum absolute atomic E-state index is 13.3. The third kappa shape index (κ3) is 4.26. The molecule has 8 nitrogen and oxygen atoms in total. The van der Waals surface area contributed by atoms with Crippen molar-refractivity contribution in [2.24, 2.45) is 0 Å². The van der Waals surface area contributed by atoms with Gasteiger partial charge in [0.25, 0.3) is 5.91 Å². The molecule has 3 heterocycles. The summed E-state index contributed by atoms with van der Waals surface area (Å²) >= 11 is 0. The number of amides is 2. The van der Waals surface area contributed by atoms with E-state index >= 15 is 0 Å². The zero-order chi connectivity index (χ0) is 23.7. The van der Waals surface area contributed by atoms with Crippen LogP contribution in [-0.2, 0) is 16.1 Å². The first-order chi connectivity index (χ1) is 16.5. The van der Waals surface area contributed by atoms with E-state index < -0.39 is 0 Å². The Labute approximate surface area is 196 Å². The van der Waals surface area contributed by atoms with Gasteiger partial charge in [0.1, 0.15) is 23.9 Å². The molecule has 0 unspecified atom stereocenters. The quantitative estimate of drug-likeness (QED) is 0.606. The lowest BCUT2D eigenvalue weighted by molar-refractivity contribution is -0.153. The Kier molecular flexibility index (Phi) is 6.02. The highest BCUT2D eigenvalue weighted by Crippen LogP contribution is 2.30. The van der Waals surface area contributed by atoms with E-state index in [-0.39, 0.29) is 36.4 Å². The van der Waals surface area contributed by atoms with Crippen molar-refractivity contribution in [1.29, 1.82) is 0 Å². The van der Waals surface area contributed by atoms with Crippen molar-refractivity contribution in [3.63, 3.8) is 0 Å². The van der Waals surface area contributed by atoms with Crippen molar-refractivity contribution in [2.75, 3.05) is 26.3 Å². The van der Waals surface area contributed by atoms with Crippen LogP contribution in [0.1, 0.15) is 23.0 Å². The lowest BCUT2D eigenvalue weighted by Gasteiger charge is -2.36. The van der Waals surface area contributed by atoms with Gasteiger partial charge in [0.15, 0.2) is 0 Å². The monoisotopic (exact) mass is 464 g/mol. The number of aromatic nitrogens is 2. The molecule has 2 amide bonds. The molecule has 0 spiro atoms. The first-order valence-corrected chi connectivity index (χ1v) is 11.3. The number of ether oxygens (including phenoxy) is 2. The van der Waals surface area contributed by atoms with Crippen molar-refractivity contribution < 1.29 is 23.5 Å². The third-order valence-corrected chi connectivity index (χ3v) is 6.20. The van der Waals surface area contributed by atoms with Gasteiger partial charge in [-0.1, -0.05) is 24.3 Å². The SMILES string of the molecule is CCOc1ccccc1-c1cc(C(=O)N2C[C@@H]3[C@@H](C2)OCC(=O)N3Cc2ccc(F)cc2)[nH]n1. The number of H-pyrrole nitrogens is 1. The summed E-state index contributed by atoms with van der Waals surface area (Å²) in [5, 5.41) is 7.17. The molecule has 2 fully saturated rings. The van der Waals surface area contributed by atoms with Crippen molar-refractivity contribution in [1.82, 2.24) is 20.0 Å². The van der Waals surface area contributed by atoms with Crippen LogP contribution in [0.15, 0.2) is 54.6 Å². The van der Waals surface area contributed by atoms with Crippen molar-refractivity contribution in [3.8, 4) is 17.0 Å². The lowest BCUT2D eigenvalue weighted by Crippen LogP contribution is -2.53. The maximum Gasteiger partial charge on any atom is 0.272 e. The highest BCUT2D eigenvalue weighted by Gasteiger charge is 2.45. The Morgan fingerprint density at radius 2 is 2.00 bits per heavy atom. The molecule has 3 aromatic rings. The minimum absolute atomic E-state index is 0.0349. The van der Waals surface area contributed by atoms with Gasteiger partial charge in [-0.15, -0.1) is 0 Å². The van der Waals surface area contributed by atoms with E-state index in [4.69, 9.17) is 9.47 Å². The Hall–Kier alpha value is -3.72. The minimum atomic E-state index is -0.324. The van der Waals surface area contributed by atoms with Crippen LogP contribution in [0.25, 0.3) is 11.3 Å². The number of nitrogens with zero attached hydrogens (tertiary/aromatic N) is 3. The summed E-state index contributed by atoms with van der Waals surface area (Å²) < 4.78 is 24.7. The molecule has 1 aromatic heterocycles. The minimum Gasteiger partial charge on any atom is -0.493 e. The number of fused-ring (bicyclic) bond motifs is 1. The van der Waals surface area contributed by atoms with Crippen molar-refractivity contribution >= 4 is 11.8 Å². The van der Waals surface area contributed by atoms with Gasteiger partial charge in [0.2, 0.25) is 5.91 Å². The molecule has 34 heavy (non-hydrogen) atoms. The fourth-order valence-electron chi connectivity index (χ4n) is 4.52. The first kappa shape index (κ1) is 22.1. The summed E-state index contributed by atoms with van der Waals surface area (Å²) in [6, 6.07) is 15.1. The normalized spacial score (nSPS) is 19.9. The van der Waals surface area contributed by atoms with E-state index in [1.54, 1.807) is 28.0 Å². The molecule has 2 aliphatic heterocycles. The van der Waals surface area contributed by atoms with Gasteiger partial charge in [-0.3, -0.25) is 14.7 Å². The number of aromatic amines is 1. The van der Waals surface area contributed by atoms with Gasteiger partial charge in [-0.05, 0) is 42.8 Å². The lowest BCUT2D eigenvalue weighted by atomic mass is 10.1. The summed E-state index contributed by atoms with van der Waals surface area (Å²) in [5.41, 5.74) is 2.60. The molecule has 9 heteroatoms. The predicted octanol–water partition coefficient (Wildman–Crippen LogP) is 2.87. The topological polar surface area (TPSA) is 87.8 Å². The van der Waals surface area contributed by atoms with Gasteiger partial charge in [0.05, 0.1) is 24.4 Å². The van der Waals surface area contributed by atoms with E-state index in [2.05, 4.69) is 10.2 Å². The molecular weight excluding hydrogens is 439 g/mol. The largest absolute Gasteiger partial charge is 0.493 e. The van der Waals surface area contributed by atoms with Crippen LogP contribution in [0.4, 0.5) is 4.39 Å². The van der Waals surface area contributed by atoms with Crippen molar-refractivity contribution in [3.05, 3.63) is 71.7 Å². The smallest absolute Gasteiger partial charge is 0.272 e. The molecule has 2 aromatic carbocycles. The molecule has 0 saturated carbocycles.